The van der Waals surface area contributed by atoms with Crippen LogP contribution in [0, 0.1) is 0 Å². The van der Waals surface area contributed by atoms with E-state index < -0.39 is 0 Å². The Morgan fingerprint density at radius 2 is 2.05 bits per heavy atom. The minimum Gasteiger partial charge on any atom is -0.390 e. The van der Waals surface area contributed by atoms with Gasteiger partial charge in [0.1, 0.15) is 0 Å². The molecule has 4 nitrogen and oxygen atoms in total. The van der Waals surface area contributed by atoms with Crippen LogP contribution in [-0.4, -0.2) is 40.3 Å². The Bertz CT molecular complexity index is 608. The van der Waals surface area contributed by atoms with Crippen molar-refractivity contribution in [3.8, 4) is 0 Å². The molecule has 0 aliphatic carbocycles. The summed E-state index contributed by atoms with van der Waals surface area (Å²) in [6.45, 7) is 4.16. The summed E-state index contributed by atoms with van der Waals surface area (Å²) in [7, 11) is 2.02. The van der Waals surface area contributed by atoms with Gasteiger partial charge in [0.05, 0.1) is 6.10 Å². The molecule has 1 aromatic carbocycles. The fourth-order valence-electron chi connectivity index (χ4n) is 3.12. The summed E-state index contributed by atoms with van der Waals surface area (Å²) < 4.78 is 2.04. The number of rotatable bonds is 6. The molecule has 2 heterocycles. The van der Waals surface area contributed by atoms with E-state index in [-0.39, 0.29) is 6.10 Å². The number of hydrogen-bond donors (Lipinski definition) is 2. The highest BCUT2D eigenvalue weighted by atomic mass is 16.3. The van der Waals surface area contributed by atoms with Crippen molar-refractivity contribution in [2.24, 2.45) is 7.05 Å². The third kappa shape index (κ3) is 3.97. The zero-order valence-corrected chi connectivity index (χ0v) is 13.2. The van der Waals surface area contributed by atoms with Gasteiger partial charge in [-0.25, -0.2) is 0 Å². The normalized spacial score (nSPS) is 16.5. The zero-order valence-electron chi connectivity index (χ0n) is 13.2. The standard InChI is InChI=1S/C18H25N3O/c1-20-8-6-15(12-20)10-19-11-18(22)14-21-9-7-16-4-2-3-5-17(16)13-21/h2-6,8,12,18-19,22H,7,9-11,13-14H2,1H3. The molecular formula is C18H25N3O. The molecule has 0 radical (unpaired) electrons. The molecule has 1 atom stereocenters. The predicted octanol–water partition coefficient (Wildman–Crippen LogP) is 1.53. The number of aryl methyl sites for hydroxylation is 1. The van der Waals surface area contributed by atoms with Gasteiger partial charge in [-0.2, -0.15) is 0 Å². The van der Waals surface area contributed by atoms with Crippen LogP contribution in [0.5, 0.6) is 0 Å². The average molecular weight is 299 g/mol. The smallest absolute Gasteiger partial charge is 0.0791 e. The summed E-state index contributed by atoms with van der Waals surface area (Å²) in [5, 5.41) is 13.6. The number of hydrogen-bond acceptors (Lipinski definition) is 3. The van der Waals surface area contributed by atoms with Crippen LogP contribution < -0.4 is 5.32 Å². The fraction of sp³-hybridized carbons (Fsp3) is 0.444. The molecule has 118 valence electrons. The van der Waals surface area contributed by atoms with Gasteiger partial charge in [-0.1, -0.05) is 24.3 Å². The van der Waals surface area contributed by atoms with E-state index in [0.717, 1.165) is 32.6 Å². The van der Waals surface area contributed by atoms with E-state index in [0.29, 0.717) is 6.54 Å². The second-order valence-electron chi connectivity index (χ2n) is 6.22. The molecule has 4 heteroatoms. The lowest BCUT2D eigenvalue weighted by atomic mass is 10.00. The van der Waals surface area contributed by atoms with E-state index in [1.807, 2.05) is 17.8 Å². The molecule has 2 aromatic rings. The molecule has 0 bridgehead atoms. The van der Waals surface area contributed by atoms with E-state index in [1.165, 1.54) is 16.7 Å². The molecule has 1 aliphatic rings. The number of β-amino-alcohol motifs (C(OH)–C–C–N with tert-alkyl or cyclic N) is 1. The first-order chi connectivity index (χ1) is 10.7. The van der Waals surface area contributed by atoms with Gasteiger partial charge in [-0.05, 0) is 29.2 Å². The number of nitrogens with one attached hydrogen (secondary N) is 1. The molecule has 3 rings (SSSR count). The summed E-state index contributed by atoms with van der Waals surface area (Å²) in [4.78, 5) is 2.34. The van der Waals surface area contributed by atoms with E-state index in [1.54, 1.807) is 0 Å². The maximum absolute atomic E-state index is 10.2. The third-order valence-corrected chi connectivity index (χ3v) is 4.28. The Balaban J connectivity index is 1.42. The van der Waals surface area contributed by atoms with Crippen LogP contribution in [0.4, 0.5) is 0 Å². The van der Waals surface area contributed by atoms with Crippen LogP contribution in [0.25, 0.3) is 0 Å². The molecular weight excluding hydrogens is 274 g/mol. The summed E-state index contributed by atoms with van der Waals surface area (Å²) in [6, 6.07) is 10.7. The number of nitrogens with zero attached hydrogens (tertiary/aromatic N) is 2. The van der Waals surface area contributed by atoms with Crippen molar-refractivity contribution in [2.75, 3.05) is 19.6 Å². The largest absolute Gasteiger partial charge is 0.390 e. The maximum Gasteiger partial charge on any atom is 0.0791 e. The highest BCUT2D eigenvalue weighted by Crippen LogP contribution is 2.18. The third-order valence-electron chi connectivity index (χ3n) is 4.28. The quantitative estimate of drug-likeness (QED) is 0.850. The fourth-order valence-corrected chi connectivity index (χ4v) is 3.12. The van der Waals surface area contributed by atoms with Crippen molar-refractivity contribution in [2.45, 2.75) is 25.6 Å². The van der Waals surface area contributed by atoms with Gasteiger partial charge in [0.2, 0.25) is 0 Å². The van der Waals surface area contributed by atoms with Crippen LogP contribution >= 0.6 is 0 Å². The Kier molecular flexibility index (Phi) is 4.93. The molecule has 0 fully saturated rings. The predicted molar refractivity (Wildman–Crippen MR) is 88.5 cm³/mol. The minimum absolute atomic E-state index is 0.325. The van der Waals surface area contributed by atoms with Crippen LogP contribution in [-0.2, 0) is 26.6 Å². The van der Waals surface area contributed by atoms with Gasteiger partial charge in [-0.3, -0.25) is 4.90 Å². The van der Waals surface area contributed by atoms with Crippen LogP contribution in [0.2, 0.25) is 0 Å². The Morgan fingerprint density at radius 1 is 1.23 bits per heavy atom. The number of fused-ring (bicyclic) bond motifs is 1. The van der Waals surface area contributed by atoms with Gasteiger partial charge in [-0.15, -0.1) is 0 Å². The first kappa shape index (κ1) is 15.3. The topological polar surface area (TPSA) is 40.4 Å². The summed E-state index contributed by atoms with van der Waals surface area (Å²) in [5.74, 6) is 0. The van der Waals surface area contributed by atoms with Crippen molar-refractivity contribution in [3.63, 3.8) is 0 Å². The number of benzene rings is 1. The first-order valence-electron chi connectivity index (χ1n) is 7.99. The monoisotopic (exact) mass is 299 g/mol. The lowest BCUT2D eigenvalue weighted by Crippen LogP contribution is -2.40. The summed E-state index contributed by atoms with van der Waals surface area (Å²) >= 11 is 0. The van der Waals surface area contributed by atoms with E-state index >= 15 is 0 Å². The van der Waals surface area contributed by atoms with Crippen molar-refractivity contribution in [1.82, 2.24) is 14.8 Å². The molecule has 0 spiro atoms. The Labute approximate surface area is 132 Å². The summed E-state index contributed by atoms with van der Waals surface area (Å²) in [5.41, 5.74) is 4.11. The molecule has 0 amide bonds. The van der Waals surface area contributed by atoms with Gasteiger partial charge in [0.15, 0.2) is 0 Å². The van der Waals surface area contributed by atoms with Crippen molar-refractivity contribution in [3.05, 3.63) is 59.4 Å². The Hall–Kier alpha value is -1.62. The highest BCUT2D eigenvalue weighted by Gasteiger charge is 2.18. The van der Waals surface area contributed by atoms with Crippen LogP contribution in [0.3, 0.4) is 0 Å². The molecule has 2 N–H and O–H groups in total. The Morgan fingerprint density at radius 3 is 2.82 bits per heavy atom. The maximum atomic E-state index is 10.2. The van der Waals surface area contributed by atoms with Gasteiger partial charge >= 0.3 is 0 Å². The van der Waals surface area contributed by atoms with E-state index in [2.05, 4.69) is 46.7 Å². The molecule has 1 unspecified atom stereocenters. The average Bonchev–Trinajstić information content (AvgIpc) is 2.92. The molecule has 0 saturated heterocycles. The molecule has 1 aliphatic heterocycles. The second kappa shape index (κ2) is 7.09. The van der Waals surface area contributed by atoms with Gasteiger partial charge in [0, 0.05) is 52.2 Å². The second-order valence-corrected chi connectivity index (χ2v) is 6.22. The number of aliphatic hydroxyl groups is 1. The SMILES string of the molecule is Cn1ccc(CNCC(O)CN2CCc3ccccc3C2)c1. The van der Waals surface area contributed by atoms with Crippen LogP contribution in [0.1, 0.15) is 16.7 Å². The lowest BCUT2D eigenvalue weighted by molar-refractivity contribution is 0.104. The molecule has 1 aromatic heterocycles. The highest BCUT2D eigenvalue weighted by molar-refractivity contribution is 5.29. The van der Waals surface area contributed by atoms with Gasteiger partial charge < -0.3 is 15.0 Å². The number of aliphatic hydroxyl groups excluding tert-OH is 1. The van der Waals surface area contributed by atoms with Crippen LogP contribution in [0.15, 0.2) is 42.7 Å². The van der Waals surface area contributed by atoms with Gasteiger partial charge in [0.25, 0.3) is 0 Å². The summed E-state index contributed by atoms with van der Waals surface area (Å²) in [6.07, 6.45) is 4.90. The van der Waals surface area contributed by atoms with E-state index in [9.17, 15) is 5.11 Å². The number of aromatic nitrogens is 1. The molecule has 0 saturated carbocycles. The first-order valence-corrected chi connectivity index (χ1v) is 7.99. The van der Waals surface area contributed by atoms with Crippen molar-refractivity contribution >= 4 is 0 Å². The minimum atomic E-state index is -0.325. The van der Waals surface area contributed by atoms with Crippen molar-refractivity contribution in [1.29, 1.82) is 0 Å². The zero-order chi connectivity index (χ0) is 15.4. The van der Waals surface area contributed by atoms with E-state index in [4.69, 9.17) is 0 Å². The molecule has 22 heavy (non-hydrogen) atoms. The lowest BCUT2D eigenvalue weighted by Gasteiger charge is -2.30. The van der Waals surface area contributed by atoms with Crippen molar-refractivity contribution < 1.29 is 5.11 Å².